The lowest BCUT2D eigenvalue weighted by Crippen LogP contribution is -2.29. The highest BCUT2D eigenvalue weighted by atomic mass is 15.3. The van der Waals surface area contributed by atoms with Crippen molar-refractivity contribution in [2.24, 2.45) is 7.05 Å². The van der Waals surface area contributed by atoms with Crippen LogP contribution in [0.15, 0.2) is 6.07 Å². The van der Waals surface area contributed by atoms with Crippen molar-refractivity contribution in [1.82, 2.24) is 15.1 Å². The normalized spacial score (nSPS) is 22.4. The smallest absolute Gasteiger partial charge is 0.0680 e. The molecule has 2 heterocycles. The Kier molecular flexibility index (Phi) is 3.06. The molecule has 1 unspecified atom stereocenters. The van der Waals surface area contributed by atoms with Crippen LogP contribution in [-0.4, -0.2) is 22.9 Å². The number of rotatable bonds is 1. The SMILES string of the molecule is Cn1nc(C(C)(C)C)cc1C1CCCNC1. The Morgan fingerprint density at radius 3 is 2.69 bits per heavy atom. The maximum atomic E-state index is 4.65. The summed E-state index contributed by atoms with van der Waals surface area (Å²) in [4.78, 5) is 0. The van der Waals surface area contributed by atoms with Crippen LogP contribution in [-0.2, 0) is 12.5 Å². The molecule has 0 spiro atoms. The summed E-state index contributed by atoms with van der Waals surface area (Å²) in [5.74, 6) is 0.641. The molecular formula is C13H23N3. The molecular weight excluding hydrogens is 198 g/mol. The predicted octanol–water partition coefficient (Wildman–Crippen LogP) is 2.18. The van der Waals surface area contributed by atoms with Gasteiger partial charge >= 0.3 is 0 Å². The highest BCUT2D eigenvalue weighted by Gasteiger charge is 2.23. The third-order valence-corrected chi connectivity index (χ3v) is 3.40. The van der Waals surface area contributed by atoms with Crippen molar-refractivity contribution in [3.63, 3.8) is 0 Å². The molecule has 0 aliphatic carbocycles. The van der Waals surface area contributed by atoms with E-state index in [0.29, 0.717) is 5.92 Å². The second-order valence-electron chi connectivity index (χ2n) is 5.87. The summed E-state index contributed by atoms with van der Waals surface area (Å²) in [6, 6.07) is 2.29. The van der Waals surface area contributed by atoms with Crippen molar-refractivity contribution in [2.45, 2.75) is 44.9 Å². The first kappa shape index (κ1) is 11.6. The standard InChI is InChI=1S/C13H23N3/c1-13(2,3)12-8-11(16(4)15-12)10-6-5-7-14-9-10/h8,10,14H,5-7,9H2,1-4H3. The Balaban J connectivity index is 2.24. The van der Waals surface area contributed by atoms with Gasteiger partial charge in [-0.1, -0.05) is 20.8 Å². The first-order chi connectivity index (χ1) is 7.48. The lowest BCUT2D eigenvalue weighted by atomic mass is 9.90. The predicted molar refractivity (Wildman–Crippen MR) is 66.8 cm³/mol. The monoisotopic (exact) mass is 221 g/mol. The minimum Gasteiger partial charge on any atom is -0.316 e. The summed E-state index contributed by atoms with van der Waals surface area (Å²) in [5.41, 5.74) is 2.74. The second kappa shape index (κ2) is 4.21. The van der Waals surface area contributed by atoms with Crippen LogP contribution >= 0.6 is 0 Å². The van der Waals surface area contributed by atoms with E-state index in [4.69, 9.17) is 0 Å². The number of aryl methyl sites for hydroxylation is 1. The third-order valence-electron chi connectivity index (χ3n) is 3.40. The summed E-state index contributed by atoms with van der Waals surface area (Å²) in [7, 11) is 2.07. The first-order valence-electron chi connectivity index (χ1n) is 6.23. The van der Waals surface area contributed by atoms with E-state index in [-0.39, 0.29) is 5.41 Å². The number of hydrogen-bond donors (Lipinski definition) is 1. The fourth-order valence-corrected chi connectivity index (χ4v) is 2.33. The van der Waals surface area contributed by atoms with Gasteiger partial charge in [-0.3, -0.25) is 4.68 Å². The molecule has 16 heavy (non-hydrogen) atoms. The molecule has 1 aromatic rings. The number of nitrogens with one attached hydrogen (secondary N) is 1. The summed E-state index contributed by atoms with van der Waals surface area (Å²) >= 11 is 0. The Hall–Kier alpha value is -0.830. The molecule has 1 N–H and O–H groups in total. The van der Waals surface area contributed by atoms with Gasteiger partial charge < -0.3 is 5.32 Å². The molecule has 1 aliphatic rings. The molecule has 1 fully saturated rings. The van der Waals surface area contributed by atoms with Gasteiger partial charge in [-0.2, -0.15) is 5.10 Å². The Morgan fingerprint density at radius 2 is 2.19 bits per heavy atom. The summed E-state index contributed by atoms with van der Waals surface area (Å²) in [5, 5.41) is 8.11. The highest BCUT2D eigenvalue weighted by molar-refractivity contribution is 5.21. The zero-order valence-electron chi connectivity index (χ0n) is 10.9. The molecule has 3 heteroatoms. The van der Waals surface area contributed by atoms with Crippen LogP contribution in [0, 0.1) is 0 Å². The molecule has 0 radical (unpaired) electrons. The maximum absolute atomic E-state index is 4.65. The van der Waals surface area contributed by atoms with Crippen molar-refractivity contribution >= 4 is 0 Å². The molecule has 2 rings (SSSR count). The molecule has 1 atom stereocenters. The molecule has 0 amide bonds. The van der Waals surface area contributed by atoms with Crippen molar-refractivity contribution in [1.29, 1.82) is 0 Å². The van der Waals surface area contributed by atoms with Gasteiger partial charge in [-0.15, -0.1) is 0 Å². The molecule has 3 nitrogen and oxygen atoms in total. The van der Waals surface area contributed by atoms with Crippen molar-refractivity contribution in [3.05, 3.63) is 17.5 Å². The molecule has 1 aromatic heterocycles. The zero-order valence-corrected chi connectivity index (χ0v) is 10.9. The van der Waals surface area contributed by atoms with E-state index < -0.39 is 0 Å². The van der Waals surface area contributed by atoms with Crippen LogP contribution in [0.25, 0.3) is 0 Å². The fourth-order valence-electron chi connectivity index (χ4n) is 2.33. The van der Waals surface area contributed by atoms with Gasteiger partial charge in [0.05, 0.1) is 5.69 Å². The lowest BCUT2D eigenvalue weighted by molar-refractivity contribution is 0.441. The fraction of sp³-hybridized carbons (Fsp3) is 0.769. The lowest BCUT2D eigenvalue weighted by Gasteiger charge is -2.22. The van der Waals surface area contributed by atoms with Gasteiger partial charge in [0.25, 0.3) is 0 Å². The number of piperidine rings is 1. The van der Waals surface area contributed by atoms with E-state index in [1.165, 1.54) is 30.8 Å². The largest absolute Gasteiger partial charge is 0.316 e. The van der Waals surface area contributed by atoms with Gasteiger partial charge in [-0.25, -0.2) is 0 Å². The van der Waals surface area contributed by atoms with Gasteiger partial charge in [0.1, 0.15) is 0 Å². The summed E-state index contributed by atoms with van der Waals surface area (Å²) in [6.07, 6.45) is 2.57. The van der Waals surface area contributed by atoms with E-state index in [2.05, 4.69) is 49.0 Å². The molecule has 0 saturated carbocycles. The minimum atomic E-state index is 0.151. The van der Waals surface area contributed by atoms with E-state index in [1.807, 2.05) is 0 Å². The van der Waals surface area contributed by atoms with Gasteiger partial charge in [-0.05, 0) is 25.5 Å². The summed E-state index contributed by atoms with van der Waals surface area (Å²) in [6.45, 7) is 8.93. The van der Waals surface area contributed by atoms with Crippen LogP contribution in [0.3, 0.4) is 0 Å². The molecule has 1 saturated heterocycles. The van der Waals surface area contributed by atoms with Crippen molar-refractivity contribution in [2.75, 3.05) is 13.1 Å². The van der Waals surface area contributed by atoms with Crippen LogP contribution in [0.4, 0.5) is 0 Å². The van der Waals surface area contributed by atoms with Crippen molar-refractivity contribution < 1.29 is 0 Å². The summed E-state index contributed by atoms with van der Waals surface area (Å²) < 4.78 is 2.07. The Labute approximate surface area is 98.2 Å². The van der Waals surface area contributed by atoms with E-state index in [9.17, 15) is 0 Å². The number of aromatic nitrogens is 2. The maximum Gasteiger partial charge on any atom is 0.0680 e. The number of hydrogen-bond acceptors (Lipinski definition) is 2. The second-order valence-corrected chi connectivity index (χ2v) is 5.87. The zero-order chi connectivity index (χ0) is 11.8. The van der Waals surface area contributed by atoms with E-state index in [1.54, 1.807) is 0 Å². The van der Waals surface area contributed by atoms with Crippen LogP contribution in [0.5, 0.6) is 0 Å². The van der Waals surface area contributed by atoms with E-state index >= 15 is 0 Å². The average Bonchev–Trinajstić information content (AvgIpc) is 2.61. The first-order valence-corrected chi connectivity index (χ1v) is 6.23. The Bertz CT molecular complexity index is 354. The molecule has 0 bridgehead atoms. The topological polar surface area (TPSA) is 29.9 Å². The van der Waals surface area contributed by atoms with Gasteiger partial charge in [0.15, 0.2) is 0 Å². The minimum absolute atomic E-state index is 0.151. The highest BCUT2D eigenvalue weighted by Crippen LogP contribution is 2.27. The molecule has 0 aromatic carbocycles. The molecule has 90 valence electrons. The Morgan fingerprint density at radius 1 is 1.44 bits per heavy atom. The van der Waals surface area contributed by atoms with Crippen LogP contribution < -0.4 is 5.32 Å². The van der Waals surface area contributed by atoms with E-state index in [0.717, 1.165) is 6.54 Å². The average molecular weight is 221 g/mol. The van der Waals surface area contributed by atoms with Crippen LogP contribution in [0.1, 0.15) is 50.9 Å². The van der Waals surface area contributed by atoms with Gasteiger partial charge in [0.2, 0.25) is 0 Å². The van der Waals surface area contributed by atoms with Crippen LogP contribution in [0.2, 0.25) is 0 Å². The van der Waals surface area contributed by atoms with Crippen molar-refractivity contribution in [3.8, 4) is 0 Å². The van der Waals surface area contributed by atoms with Gasteiger partial charge in [0, 0.05) is 30.6 Å². The number of nitrogens with zero attached hydrogens (tertiary/aromatic N) is 2. The third kappa shape index (κ3) is 2.29. The molecule has 1 aliphatic heterocycles. The quantitative estimate of drug-likeness (QED) is 0.788.